The number of benzene rings is 1. The van der Waals surface area contributed by atoms with Gasteiger partial charge in [0.15, 0.2) is 0 Å². The van der Waals surface area contributed by atoms with Crippen LogP contribution in [-0.4, -0.2) is 6.26 Å². The van der Waals surface area contributed by atoms with Crippen LogP contribution in [0.5, 0.6) is 0 Å². The Bertz CT molecular complexity index is 423. The van der Waals surface area contributed by atoms with Gasteiger partial charge in [-0.2, -0.15) is 26.3 Å². The first-order valence-corrected chi connectivity index (χ1v) is 5.41. The van der Waals surface area contributed by atoms with Crippen LogP contribution >= 0.6 is 11.8 Å². The first-order chi connectivity index (χ1) is 7.57. The van der Waals surface area contributed by atoms with Crippen LogP contribution in [0.15, 0.2) is 17.0 Å². The number of rotatable bonds is 1. The largest absolute Gasteiger partial charge is 0.417 e. The van der Waals surface area contributed by atoms with Crippen molar-refractivity contribution in [2.75, 3.05) is 12.0 Å². The van der Waals surface area contributed by atoms with Crippen molar-refractivity contribution in [3.8, 4) is 0 Å². The van der Waals surface area contributed by atoms with Crippen molar-refractivity contribution in [2.45, 2.75) is 17.2 Å². The topological polar surface area (TPSA) is 26.0 Å². The Labute approximate surface area is 97.0 Å². The molecule has 0 bridgehead atoms. The molecule has 96 valence electrons. The van der Waals surface area contributed by atoms with Crippen LogP contribution in [0.2, 0.25) is 0 Å². The number of anilines is 1. The molecule has 1 rings (SSSR count). The van der Waals surface area contributed by atoms with E-state index in [1.165, 1.54) is 6.26 Å². The molecular weight excluding hydrogens is 268 g/mol. The molecule has 1 aromatic rings. The maximum absolute atomic E-state index is 12.5. The van der Waals surface area contributed by atoms with Crippen LogP contribution in [0.1, 0.15) is 11.1 Å². The second-order valence-corrected chi connectivity index (χ2v) is 3.96. The molecule has 0 unspecified atom stereocenters. The molecule has 1 nitrogen and oxygen atoms in total. The molecule has 0 aromatic heterocycles. The lowest BCUT2D eigenvalue weighted by Crippen LogP contribution is -2.13. The van der Waals surface area contributed by atoms with Crippen LogP contribution in [0.4, 0.5) is 32.0 Å². The summed E-state index contributed by atoms with van der Waals surface area (Å²) >= 11 is 0.656. The number of alkyl halides is 6. The molecule has 17 heavy (non-hydrogen) atoms. The number of thioether (sulfide) groups is 1. The summed E-state index contributed by atoms with van der Waals surface area (Å²) in [6, 6.07) is 0.573. The minimum Gasteiger partial charge on any atom is -0.398 e. The van der Waals surface area contributed by atoms with E-state index in [0.717, 1.165) is 0 Å². The smallest absolute Gasteiger partial charge is 0.398 e. The third-order valence-corrected chi connectivity index (χ3v) is 2.82. The van der Waals surface area contributed by atoms with Gasteiger partial charge in [-0.3, -0.25) is 0 Å². The molecule has 1 aromatic carbocycles. The molecule has 8 heteroatoms. The fraction of sp³-hybridized carbons (Fsp3) is 0.333. The third-order valence-electron chi connectivity index (χ3n) is 1.95. The van der Waals surface area contributed by atoms with Crippen molar-refractivity contribution < 1.29 is 26.3 Å². The van der Waals surface area contributed by atoms with Crippen LogP contribution in [-0.2, 0) is 12.4 Å². The molecule has 0 saturated carbocycles. The van der Waals surface area contributed by atoms with Gasteiger partial charge in [0.05, 0.1) is 11.1 Å². The second kappa shape index (κ2) is 4.32. The van der Waals surface area contributed by atoms with E-state index in [1.807, 2.05) is 0 Å². The minimum atomic E-state index is -4.87. The highest BCUT2D eigenvalue weighted by atomic mass is 32.2. The fourth-order valence-electron chi connectivity index (χ4n) is 1.25. The Morgan fingerprint density at radius 3 is 1.88 bits per heavy atom. The van der Waals surface area contributed by atoms with Crippen molar-refractivity contribution in [3.05, 3.63) is 23.3 Å². The summed E-state index contributed by atoms with van der Waals surface area (Å²) < 4.78 is 74.7. The van der Waals surface area contributed by atoms with Gasteiger partial charge in [0.1, 0.15) is 0 Å². The van der Waals surface area contributed by atoms with Gasteiger partial charge in [-0.15, -0.1) is 11.8 Å². The minimum absolute atomic E-state index is 0.0716. The van der Waals surface area contributed by atoms with Crippen molar-refractivity contribution >= 4 is 17.4 Å². The fourth-order valence-corrected chi connectivity index (χ4v) is 1.94. The number of nitrogens with two attached hydrogens (primary N) is 1. The zero-order valence-electron chi connectivity index (χ0n) is 8.41. The van der Waals surface area contributed by atoms with E-state index in [4.69, 9.17) is 5.73 Å². The SMILES string of the molecule is CSc1c(N)cc(C(F)(F)F)cc1C(F)(F)F. The lowest BCUT2D eigenvalue weighted by atomic mass is 10.1. The van der Waals surface area contributed by atoms with Gasteiger partial charge in [0, 0.05) is 10.6 Å². The molecule has 0 spiro atoms. The molecule has 0 heterocycles. The molecule has 0 radical (unpaired) electrons. The van der Waals surface area contributed by atoms with Gasteiger partial charge in [-0.1, -0.05) is 0 Å². The van der Waals surface area contributed by atoms with Crippen molar-refractivity contribution in [1.29, 1.82) is 0 Å². The summed E-state index contributed by atoms with van der Waals surface area (Å²) in [5, 5.41) is 0. The number of hydrogen-bond donors (Lipinski definition) is 1. The molecule has 0 aliphatic rings. The summed E-state index contributed by atoms with van der Waals surface area (Å²) in [7, 11) is 0. The monoisotopic (exact) mass is 275 g/mol. The summed E-state index contributed by atoms with van der Waals surface area (Å²) in [4.78, 5) is -0.398. The highest BCUT2D eigenvalue weighted by Gasteiger charge is 2.39. The Morgan fingerprint density at radius 1 is 1.00 bits per heavy atom. The number of nitrogen functional groups attached to an aromatic ring is 1. The first-order valence-electron chi connectivity index (χ1n) is 4.19. The zero-order chi connectivity index (χ0) is 13.4. The van der Waals surface area contributed by atoms with E-state index in [2.05, 4.69) is 0 Å². The van der Waals surface area contributed by atoms with Crippen molar-refractivity contribution in [3.63, 3.8) is 0 Å². The average Bonchev–Trinajstić information content (AvgIpc) is 2.13. The summed E-state index contributed by atoms with van der Waals surface area (Å²) in [6.07, 6.45) is -8.41. The van der Waals surface area contributed by atoms with Gasteiger partial charge >= 0.3 is 12.4 Å². The van der Waals surface area contributed by atoms with Crippen LogP contribution in [0.25, 0.3) is 0 Å². The van der Waals surface area contributed by atoms with E-state index in [-0.39, 0.29) is 6.07 Å². The molecule has 0 atom stereocenters. The zero-order valence-corrected chi connectivity index (χ0v) is 9.22. The standard InChI is InChI=1S/C9H7F6NS/c1-17-7-5(9(13,14)15)2-4(3-6(7)16)8(10,11)12/h2-3H,16H2,1H3. The van der Waals surface area contributed by atoms with E-state index < -0.39 is 34.1 Å². The predicted molar refractivity (Wildman–Crippen MR) is 52.6 cm³/mol. The van der Waals surface area contributed by atoms with Crippen LogP contribution < -0.4 is 5.73 Å². The number of halogens is 6. The average molecular weight is 275 g/mol. The summed E-state index contributed by atoms with van der Waals surface area (Å²) in [5.74, 6) is 0. The number of hydrogen-bond acceptors (Lipinski definition) is 2. The van der Waals surface area contributed by atoms with E-state index in [9.17, 15) is 26.3 Å². The lowest BCUT2D eigenvalue weighted by molar-refractivity contribution is -0.144. The molecule has 0 amide bonds. The normalized spacial score (nSPS) is 12.9. The third kappa shape index (κ3) is 2.99. The Kier molecular flexibility index (Phi) is 3.56. The van der Waals surface area contributed by atoms with Gasteiger partial charge in [0.2, 0.25) is 0 Å². The van der Waals surface area contributed by atoms with Gasteiger partial charge < -0.3 is 5.73 Å². The van der Waals surface area contributed by atoms with E-state index in [0.29, 0.717) is 17.8 Å². The van der Waals surface area contributed by atoms with Crippen LogP contribution in [0, 0.1) is 0 Å². The van der Waals surface area contributed by atoms with E-state index >= 15 is 0 Å². The Hall–Kier alpha value is -1.05. The summed E-state index contributed by atoms with van der Waals surface area (Å²) in [5.41, 5.74) is 1.91. The molecular formula is C9H7F6NS. The van der Waals surface area contributed by atoms with Gasteiger partial charge in [-0.25, -0.2) is 0 Å². The Balaban J connectivity index is 3.51. The van der Waals surface area contributed by atoms with Crippen molar-refractivity contribution in [2.24, 2.45) is 0 Å². The molecule has 2 N–H and O–H groups in total. The predicted octanol–water partition coefficient (Wildman–Crippen LogP) is 4.03. The molecule has 0 fully saturated rings. The van der Waals surface area contributed by atoms with E-state index in [1.54, 1.807) is 0 Å². The molecule has 0 aliphatic carbocycles. The maximum Gasteiger partial charge on any atom is 0.417 e. The highest BCUT2D eigenvalue weighted by Crippen LogP contribution is 2.42. The highest BCUT2D eigenvalue weighted by molar-refractivity contribution is 7.98. The van der Waals surface area contributed by atoms with Crippen LogP contribution in [0.3, 0.4) is 0 Å². The van der Waals surface area contributed by atoms with Gasteiger partial charge in [-0.05, 0) is 18.4 Å². The van der Waals surface area contributed by atoms with Crippen molar-refractivity contribution in [1.82, 2.24) is 0 Å². The second-order valence-electron chi connectivity index (χ2n) is 3.14. The van der Waals surface area contributed by atoms with Gasteiger partial charge in [0.25, 0.3) is 0 Å². The molecule has 0 aliphatic heterocycles. The maximum atomic E-state index is 12.5. The quantitative estimate of drug-likeness (QED) is 0.476. The first kappa shape index (κ1) is 14.0. The Morgan fingerprint density at radius 2 is 1.53 bits per heavy atom. The molecule has 0 saturated heterocycles. The lowest BCUT2D eigenvalue weighted by Gasteiger charge is -2.16. The summed E-state index contributed by atoms with van der Waals surface area (Å²) in [6.45, 7) is 0.